The minimum absolute atomic E-state index is 0.0932. The highest BCUT2D eigenvalue weighted by Gasteiger charge is 2.54. The molecule has 2 N–H and O–H groups in total. The van der Waals surface area contributed by atoms with Gasteiger partial charge in [0.15, 0.2) is 0 Å². The van der Waals surface area contributed by atoms with Crippen LogP contribution in [-0.2, 0) is 36.9 Å². The largest absolute Gasteiger partial charge is 0.444 e. The Hall–Kier alpha value is -3.84. The first-order valence-electron chi connectivity index (χ1n) is 14.2. The van der Waals surface area contributed by atoms with Crippen LogP contribution >= 0.6 is 11.3 Å². The van der Waals surface area contributed by atoms with Crippen LogP contribution in [0.15, 0.2) is 46.3 Å². The minimum atomic E-state index is -1.40. The third kappa shape index (κ3) is 7.77. The van der Waals surface area contributed by atoms with Gasteiger partial charge in [-0.25, -0.2) is 14.8 Å². The van der Waals surface area contributed by atoms with E-state index in [1.807, 2.05) is 35.7 Å². The number of hydrogen-bond acceptors (Lipinski definition) is 9. The summed E-state index contributed by atoms with van der Waals surface area (Å²) >= 11 is 1.44. The number of aromatic nitrogens is 1. The van der Waals surface area contributed by atoms with Gasteiger partial charge >= 0.3 is 6.09 Å². The second-order valence-corrected chi connectivity index (χ2v) is 13.1. The summed E-state index contributed by atoms with van der Waals surface area (Å²) in [6.07, 6.45) is -0.0358. The zero-order valence-electron chi connectivity index (χ0n) is 25.5. The third-order valence-corrected chi connectivity index (χ3v) is 7.90. The number of benzene rings is 1. The molecule has 0 aliphatic carbocycles. The average molecular weight is 613 g/mol. The van der Waals surface area contributed by atoms with Crippen LogP contribution in [0.4, 0.5) is 4.79 Å². The van der Waals surface area contributed by atoms with Gasteiger partial charge in [-0.05, 0) is 40.2 Å². The Morgan fingerprint density at radius 1 is 1.14 bits per heavy atom. The highest BCUT2D eigenvalue weighted by molar-refractivity contribution is 7.07. The highest BCUT2D eigenvalue weighted by Crippen LogP contribution is 2.38. The van der Waals surface area contributed by atoms with E-state index in [9.17, 15) is 19.2 Å². The Morgan fingerprint density at radius 3 is 2.51 bits per heavy atom. The topological polar surface area (TPSA) is 143 Å². The lowest BCUT2D eigenvalue weighted by molar-refractivity contribution is -0.144. The molecule has 232 valence electrons. The first kappa shape index (κ1) is 32.1. The predicted molar refractivity (Wildman–Crippen MR) is 161 cm³/mol. The molecule has 2 aliphatic rings. The van der Waals surface area contributed by atoms with Crippen molar-refractivity contribution < 1.29 is 28.7 Å². The summed E-state index contributed by atoms with van der Waals surface area (Å²) in [5, 5.41) is 13.1. The second kappa shape index (κ2) is 12.8. The fraction of sp³-hybridized carbons (Fsp3) is 0.533. The van der Waals surface area contributed by atoms with Gasteiger partial charge in [0.1, 0.15) is 22.6 Å². The van der Waals surface area contributed by atoms with Crippen molar-refractivity contribution in [2.75, 3.05) is 26.7 Å². The molecule has 3 heterocycles. The van der Waals surface area contributed by atoms with Crippen LogP contribution < -0.4 is 10.6 Å². The van der Waals surface area contributed by atoms with Crippen LogP contribution in [0.25, 0.3) is 0 Å². The van der Waals surface area contributed by atoms with Gasteiger partial charge in [0.2, 0.25) is 11.8 Å². The van der Waals surface area contributed by atoms with E-state index in [-0.39, 0.29) is 25.7 Å². The molecule has 0 bridgehead atoms. The predicted octanol–water partition coefficient (Wildman–Crippen LogP) is 2.74. The Kier molecular flexibility index (Phi) is 9.55. The molecule has 1 aromatic heterocycles. The molecule has 13 heteroatoms. The fourth-order valence-corrected chi connectivity index (χ4v) is 5.68. The number of fused-ring (bicyclic) bond motifs is 1. The number of likely N-dealkylation sites (tertiary alicyclic amines) is 1. The van der Waals surface area contributed by atoms with Crippen molar-refractivity contribution in [3.8, 4) is 0 Å². The molecule has 1 aromatic carbocycles. The van der Waals surface area contributed by atoms with Crippen LogP contribution in [0.2, 0.25) is 0 Å². The summed E-state index contributed by atoms with van der Waals surface area (Å²) in [5.74, 6) is -1.18. The third-order valence-electron chi connectivity index (χ3n) is 7.26. The molecule has 2 aliphatic heterocycles. The monoisotopic (exact) mass is 612 g/mol. The van der Waals surface area contributed by atoms with Crippen LogP contribution in [0.1, 0.15) is 52.3 Å². The van der Waals surface area contributed by atoms with Crippen molar-refractivity contribution in [2.24, 2.45) is 10.5 Å². The summed E-state index contributed by atoms with van der Waals surface area (Å²) in [7, 11) is 1.61. The average Bonchev–Trinajstić information content (AvgIpc) is 3.52. The Bertz CT molecular complexity index is 1360. The summed E-state index contributed by atoms with van der Waals surface area (Å²) in [5.41, 5.74) is 0.901. The number of nitrogens with zero attached hydrogens (tertiary/aromatic N) is 4. The van der Waals surface area contributed by atoms with E-state index >= 15 is 0 Å². The summed E-state index contributed by atoms with van der Waals surface area (Å²) in [4.78, 5) is 59.4. The molecule has 12 nitrogen and oxygen atoms in total. The molecule has 4 amide bonds. The van der Waals surface area contributed by atoms with E-state index in [0.29, 0.717) is 19.4 Å². The molecule has 0 radical (unpaired) electrons. The molecule has 0 spiro atoms. The maximum absolute atomic E-state index is 14.1. The number of ether oxygens (including phenoxy) is 2. The summed E-state index contributed by atoms with van der Waals surface area (Å²) < 4.78 is 11.2. The summed E-state index contributed by atoms with van der Waals surface area (Å²) in [6, 6.07) is 8.39. The van der Waals surface area contributed by atoms with Gasteiger partial charge in [0.05, 0.1) is 30.1 Å². The Labute approximate surface area is 255 Å². The number of piperidine rings is 1. The zero-order chi connectivity index (χ0) is 31.4. The lowest BCUT2D eigenvalue weighted by Crippen LogP contribution is -2.63. The van der Waals surface area contributed by atoms with Crippen LogP contribution in [0.3, 0.4) is 0 Å². The Balaban J connectivity index is 1.53. The number of hydrogen-bond donors (Lipinski definition) is 2. The number of rotatable bonds is 10. The van der Waals surface area contributed by atoms with Crippen molar-refractivity contribution in [2.45, 2.75) is 71.2 Å². The molecule has 1 saturated heterocycles. The normalized spacial score (nSPS) is 19.4. The van der Waals surface area contributed by atoms with Crippen molar-refractivity contribution in [1.82, 2.24) is 25.5 Å². The molecular weight excluding hydrogens is 572 g/mol. The van der Waals surface area contributed by atoms with Crippen molar-refractivity contribution >= 4 is 40.9 Å². The smallest absolute Gasteiger partial charge is 0.408 e. The standard InChI is InChI=1S/C30H40N6O6S/c1-28(2,3)42-27(40)33-29(4,5)25(38)32-22(16-41-15-20-10-8-7-9-11-20)24(37)36-13-12-23-30(18-36,26(39)35(6)34-23)14-21-17-43-19-31-21/h7-11,17,19,22H,12-16,18H2,1-6H3,(H,32,38)(H,33,40)/t22-,30?/m1/s1. The van der Waals surface area contributed by atoms with Gasteiger partial charge in [0, 0.05) is 38.4 Å². The molecule has 2 aromatic rings. The van der Waals surface area contributed by atoms with Crippen molar-refractivity contribution in [3.63, 3.8) is 0 Å². The molecule has 2 atom stereocenters. The number of nitrogens with one attached hydrogen (secondary N) is 2. The van der Waals surface area contributed by atoms with Gasteiger partial charge < -0.3 is 25.0 Å². The number of hydrazone groups is 1. The first-order chi connectivity index (χ1) is 20.2. The number of carbonyl (C=O) groups excluding carboxylic acids is 4. The number of alkyl carbamates (subject to hydrolysis) is 1. The van der Waals surface area contributed by atoms with E-state index in [1.54, 1.807) is 38.2 Å². The second-order valence-electron chi connectivity index (χ2n) is 12.4. The molecule has 1 fully saturated rings. The van der Waals surface area contributed by atoms with Gasteiger partial charge in [-0.3, -0.25) is 14.4 Å². The maximum Gasteiger partial charge on any atom is 0.408 e. The van der Waals surface area contributed by atoms with E-state index < -0.39 is 40.5 Å². The Morgan fingerprint density at radius 2 is 1.86 bits per heavy atom. The van der Waals surface area contributed by atoms with E-state index in [2.05, 4.69) is 20.7 Å². The van der Waals surface area contributed by atoms with Gasteiger partial charge in [-0.2, -0.15) is 5.10 Å². The van der Waals surface area contributed by atoms with Crippen LogP contribution in [0.5, 0.6) is 0 Å². The lowest BCUT2D eigenvalue weighted by Gasteiger charge is -2.40. The number of amides is 4. The fourth-order valence-electron chi connectivity index (χ4n) is 5.12. The van der Waals surface area contributed by atoms with Crippen molar-refractivity contribution in [1.29, 1.82) is 0 Å². The SMILES string of the molecule is CN1N=C2CCN(C(=O)[C@@H](COCc3ccccc3)NC(=O)C(C)(C)NC(=O)OC(C)(C)C)CC2(Cc2cscn2)C1=O. The van der Waals surface area contributed by atoms with E-state index in [4.69, 9.17) is 9.47 Å². The van der Waals surface area contributed by atoms with Gasteiger partial charge in [-0.1, -0.05) is 30.3 Å². The first-order valence-corrected chi connectivity index (χ1v) is 15.1. The highest BCUT2D eigenvalue weighted by atomic mass is 32.1. The molecule has 4 rings (SSSR count). The quantitative estimate of drug-likeness (QED) is 0.420. The molecule has 1 unspecified atom stereocenters. The van der Waals surface area contributed by atoms with Crippen LogP contribution in [0, 0.1) is 5.41 Å². The zero-order valence-corrected chi connectivity index (χ0v) is 26.3. The summed E-state index contributed by atoms with van der Waals surface area (Å²) in [6.45, 7) is 8.75. The minimum Gasteiger partial charge on any atom is -0.444 e. The van der Waals surface area contributed by atoms with E-state index in [1.165, 1.54) is 30.2 Å². The van der Waals surface area contributed by atoms with Crippen molar-refractivity contribution in [3.05, 3.63) is 52.5 Å². The van der Waals surface area contributed by atoms with Gasteiger partial charge in [0.25, 0.3) is 5.91 Å². The molecule has 0 saturated carbocycles. The van der Waals surface area contributed by atoms with E-state index in [0.717, 1.165) is 17.0 Å². The number of carbonyl (C=O) groups is 4. The van der Waals surface area contributed by atoms with Gasteiger partial charge in [-0.15, -0.1) is 11.3 Å². The van der Waals surface area contributed by atoms with Crippen LogP contribution in [-0.4, -0.2) is 88.3 Å². The molecular formula is C30H40N6O6S. The maximum atomic E-state index is 14.1. The molecule has 43 heavy (non-hydrogen) atoms. The number of thiazole rings is 1. The lowest BCUT2D eigenvalue weighted by atomic mass is 9.74.